The minimum absolute atomic E-state index is 0.00852. The summed E-state index contributed by atoms with van der Waals surface area (Å²) in [4.78, 5) is 16.3. The molecule has 212 valence electrons. The van der Waals surface area contributed by atoms with Gasteiger partial charge in [0.2, 0.25) is 10.0 Å². The average molecular weight is 581 g/mol. The number of rotatable bonds is 5. The van der Waals surface area contributed by atoms with Gasteiger partial charge in [-0.3, -0.25) is 4.40 Å². The summed E-state index contributed by atoms with van der Waals surface area (Å²) < 4.78 is 101. The van der Waals surface area contributed by atoms with Crippen molar-refractivity contribution in [3.05, 3.63) is 42.4 Å². The highest BCUT2D eigenvalue weighted by Gasteiger charge is 2.61. The fraction of sp³-hybridized carbons (Fsp3) is 0.409. The first-order valence-corrected chi connectivity index (χ1v) is 12.6. The minimum Gasteiger partial charge on any atom is -0.475 e. The highest BCUT2D eigenvalue weighted by Crippen LogP contribution is 2.61. The van der Waals surface area contributed by atoms with Gasteiger partial charge in [-0.15, -0.1) is 0 Å². The Kier molecular flexibility index (Phi) is 6.84. The first-order chi connectivity index (χ1) is 17.9. The molecule has 3 saturated carbocycles. The number of anilines is 1. The number of nitrogens with zero attached hydrogens (tertiary/aromatic N) is 3. The molecule has 1 aromatic carbocycles. The molecular weight excluding hydrogens is 560 g/mol. The van der Waals surface area contributed by atoms with E-state index in [1.807, 2.05) is 0 Å². The van der Waals surface area contributed by atoms with E-state index in [-0.39, 0.29) is 34.1 Å². The number of nitrogen functional groups attached to an aromatic ring is 1. The maximum Gasteiger partial charge on any atom is 0.490 e. The van der Waals surface area contributed by atoms with E-state index in [2.05, 4.69) is 14.7 Å². The molecule has 3 aliphatic carbocycles. The molecule has 0 spiro atoms. The third-order valence-corrected chi connectivity index (χ3v) is 8.31. The zero-order chi connectivity index (χ0) is 29.0. The molecule has 0 amide bonds. The number of halogens is 6. The SMILES string of the molecule is Nc1nc(C(F)(F)F)cn2c(-c3cccc(S(=O)(=O)NC45CCC(CO)(C4)C5)c3)cnc12.O=C(O)C(F)(F)F. The van der Waals surface area contributed by atoms with Crippen molar-refractivity contribution in [1.82, 2.24) is 19.1 Å². The number of hydrogen-bond acceptors (Lipinski definition) is 7. The number of carboxylic acid groups (broad SMARTS) is 1. The second-order valence-corrected chi connectivity index (χ2v) is 11.3. The normalized spacial score (nSPS) is 22.7. The molecule has 0 aliphatic heterocycles. The van der Waals surface area contributed by atoms with Crippen molar-refractivity contribution < 1.29 is 49.8 Å². The van der Waals surface area contributed by atoms with Gasteiger partial charge in [0.15, 0.2) is 17.2 Å². The van der Waals surface area contributed by atoms with Gasteiger partial charge in [-0.05, 0) is 43.2 Å². The van der Waals surface area contributed by atoms with Crippen LogP contribution in [0.4, 0.5) is 32.2 Å². The van der Waals surface area contributed by atoms with E-state index in [0.29, 0.717) is 24.8 Å². The van der Waals surface area contributed by atoms with Crippen LogP contribution < -0.4 is 10.5 Å². The van der Waals surface area contributed by atoms with E-state index in [1.54, 1.807) is 6.07 Å². The number of imidazole rings is 1. The Bertz CT molecular complexity index is 1530. The fourth-order valence-electron chi connectivity index (χ4n) is 5.08. The van der Waals surface area contributed by atoms with E-state index in [4.69, 9.17) is 15.6 Å². The molecule has 3 fully saturated rings. The lowest BCUT2D eigenvalue weighted by Gasteiger charge is -2.46. The fourth-order valence-corrected chi connectivity index (χ4v) is 6.56. The number of sulfonamides is 1. The number of alkyl halides is 6. The lowest BCUT2D eigenvalue weighted by molar-refractivity contribution is -0.192. The second kappa shape index (κ2) is 9.34. The third kappa shape index (κ3) is 5.51. The predicted molar refractivity (Wildman–Crippen MR) is 123 cm³/mol. The van der Waals surface area contributed by atoms with Crippen LogP contribution in [0.25, 0.3) is 16.9 Å². The number of aliphatic hydroxyl groups is 1. The smallest absolute Gasteiger partial charge is 0.475 e. The summed E-state index contributed by atoms with van der Waals surface area (Å²) in [5, 5.41) is 16.7. The van der Waals surface area contributed by atoms with Gasteiger partial charge in [-0.1, -0.05) is 12.1 Å². The average Bonchev–Trinajstić information content (AvgIpc) is 3.50. The Morgan fingerprint density at radius 3 is 2.33 bits per heavy atom. The molecule has 2 aromatic heterocycles. The van der Waals surface area contributed by atoms with E-state index < -0.39 is 39.6 Å². The maximum atomic E-state index is 13.2. The molecule has 39 heavy (non-hydrogen) atoms. The van der Waals surface area contributed by atoms with Crippen LogP contribution in [0.1, 0.15) is 31.4 Å². The number of nitrogens with one attached hydrogen (secondary N) is 1. The molecule has 3 aliphatic rings. The zero-order valence-corrected chi connectivity index (χ0v) is 20.5. The van der Waals surface area contributed by atoms with Crippen molar-refractivity contribution in [2.45, 2.75) is 48.5 Å². The lowest BCUT2D eigenvalue weighted by atomic mass is 9.66. The van der Waals surface area contributed by atoms with Crippen molar-refractivity contribution in [1.29, 1.82) is 0 Å². The molecule has 10 nitrogen and oxygen atoms in total. The van der Waals surface area contributed by atoms with Crippen LogP contribution in [-0.2, 0) is 21.0 Å². The number of benzene rings is 1. The topological polar surface area (TPSA) is 160 Å². The van der Waals surface area contributed by atoms with Gasteiger partial charge in [-0.2, -0.15) is 26.3 Å². The van der Waals surface area contributed by atoms with Gasteiger partial charge in [-0.25, -0.2) is 27.9 Å². The summed E-state index contributed by atoms with van der Waals surface area (Å²) in [6, 6.07) is 5.92. The minimum atomic E-state index is -5.08. The zero-order valence-electron chi connectivity index (χ0n) is 19.7. The van der Waals surface area contributed by atoms with Crippen LogP contribution in [0.3, 0.4) is 0 Å². The van der Waals surface area contributed by atoms with Crippen LogP contribution in [0.5, 0.6) is 0 Å². The maximum absolute atomic E-state index is 13.2. The van der Waals surface area contributed by atoms with Crippen molar-refractivity contribution in [3.63, 3.8) is 0 Å². The first-order valence-electron chi connectivity index (χ1n) is 11.2. The van der Waals surface area contributed by atoms with E-state index >= 15 is 0 Å². The second-order valence-electron chi connectivity index (χ2n) is 9.57. The molecule has 6 rings (SSSR count). The van der Waals surface area contributed by atoms with Gasteiger partial charge in [0, 0.05) is 23.9 Å². The van der Waals surface area contributed by atoms with Gasteiger partial charge in [0.05, 0.1) is 16.8 Å². The lowest BCUT2D eigenvalue weighted by Crippen LogP contribution is -2.56. The molecule has 17 heteroatoms. The van der Waals surface area contributed by atoms with Gasteiger partial charge >= 0.3 is 18.3 Å². The van der Waals surface area contributed by atoms with E-state index in [1.165, 1.54) is 24.4 Å². The molecule has 0 saturated heterocycles. The number of nitrogens with two attached hydrogens (primary N) is 1. The largest absolute Gasteiger partial charge is 0.490 e. The van der Waals surface area contributed by atoms with Crippen molar-refractivity contribution in [3.8, 4) is 11.3 Å². The highest BCUT2D eigenvalue weighted by molar-refractivity contribution is 7.89. The molecule has 0 unspecified atom stereocenters. The van der Waals surface area contributed by atoms with Gasteiger partial charge in [0.25, 0.3) is 0 Å². The Labute approximate surface area is 216 Å². The molecule has 2 heterocycles. The standard InChI is InChI=1S/C20H20F3N5O3S.C2HF3O2/c21-20(22,23)15-8-28-14(7-25-17(28)16(24)26-15)12-2-1-3-13(6-12)32(30,31)27-19-5-4-18(9-19,10-19)11-29;3-2(4,5)1(6)7/h1-3,6-8,27,29H,4-5,9-11H2,(H2,24,26);(H,6,7). The van der Waals surface area contributed by atoms with Crippen molar-refractivity contribution >= 4 is 27.5 Å². The van der Waals surface area contributed by atoms with Crippen molar-refractivity contribution in [2.24, 2.45) is 5.41 Å². The Balaban J connectivity index is 0.000000448. The summed E-state index contributed by atoms with van der Waals surface area (Å²) in [7, 11) is -3.88. The molecule has 0 atom stereocenters. The number of hydrogen-bond donors (Lipinski definition) is 4. The summed E-state index contributed by atoms with van der Waals surface area (Å²) in [5.41, 5.74) is 4.39. The summed E-state index contributed by atoms with van der Waals surface area (Å²) in [6.45, 7) is 0.0398. The number of carbonyl (C=O) groups is 1. The van der Waals surface area contributed by atoms with E-state index in [0.717, 1.165) is 17.0 Å². The van der Waals surface area contributed by atoms with Crippen LogP contribution in [0.15, 0.2) is 41.6 Å². The van der Waals surface area contributed by atoms with Gasteiger partial charge < -0.3 is 15.9 Å². The molecule has 0 radical (unpaired) electrons. The number of carboxylic acids is 1. The predicted octanol–water partition coefficient (Wildman–Crippen LogP) is 3.21. The quantitative estimate of drug-likeness (QED) is 0.334. The first kappa shape index (κ1) is 28.6. The summed E-state index contributed by atoms with van der Waals surface area (Å²) >= 11 is 0. The number of aromatic nitrogens is 3. The van der Waals surface area contributed by atoms with Gasteiger partial charge in [0.1, 0.15) is 0 Å². The Morgan fingerprint density at radius 1 is 1.15 bits per heavy atom. The van der Waals surface area contributed by atoms with Crippen molar-refractivity contribution in [2.75, 3.05) is 12.3 Å². The monoisotopic (exact) mass is 581 g/mol. The molecule has 2 bridgehead atoms. The summed E-state index contributed by atoms with van der Waals surface area (Å²) in [5.74, 6) is -3.14. The number of aliphatic carboxylic acids is 1. The molecule has 5 N–H and O–H groups in total. The van der Waals surface area contributed by atoms with Crippen LogP contribution in [0, 0.1) is 5.41 Å². The molecular formula is C22H21F6N5O5S. The van der Waals surface area contributed by atoms with Crippen LogP contribution in [-0.4, -0.2) is 57.3 Å². The number of fused-ring (bicyclic) bond motifs is 2. The number of aliphatic hydroxyl groups excluding tert-OH is 1. The van der Waals surface area contributed by atoms with Crippen LogP contribution in [0.2, 0.25) is 0 Å². The highest BCUT2D eigenvalue weighted by atomic mass is 32.2. The Morgan fingerprint density at radius 2 is 1.79 bits per heavy atom. The third-order valence-electron chi connectivity index (χ3n) is 6.74. The van der Waals surface area contributed by atoms with Crippen LogP contribution >= 0.6 is 0 Å². The Hall–Kier alpha value is -3.44. The summed E-state index contributed by atoms with van der Waals surface area (Å²) in [6.07, 6.45) is -5.06. The molecule has 3 aromatic rings. The van der Waals surface area contributed by atoms with E-state index in [9.17, 15) is 39.9 Å².